The lowest BCUT2D eigenvalue weighted by molar-refractivity contribution is -0.229. The first-order chi connectivity index (χ1) is 13.3. The number of nitrogens with one attached hydrogen (secondary N) is 1. The van der Waals surface area contributed by atoms with Gasteiger partial charge in [0.15, 0.2) is 24.0 Å². The number of alkyl halides is 3. The SMILES string of the molecule is CC1(C)O[C@H]2[C@@H](O1)[C@@H](C(=O)Nc1cccc(C(F)(F)F)c1)O[C@H]1OC(C)(C)O[C@@H]12. The van der Waals surface area contributed by atoms with Crippen LogP contribution in [0.2, 0.25) is 0 Å². The Bertz CT molecular complexity index is 811. The topological polar surface area (TPSA) is 75.3 Å². The zero-order valence-electron chi connectivity index (χ0n) is 16.3. The highest BCUT2D eigenvalue weighted by Crippen LogP contribution is 2.44. The second-order valence-electron chi connectivity index (χ2n) is 8.16. The van der Waals surface area contributed by atoms with Gasteiger partial charge in [-0.15, -0.1) is 0 Å². The van der Waals surface area contributed by atoms with Crippen LogP contribution in [0.3, 0.4) is 0 Å². The molecule has 4 rings (SSSR count). The number of hydrogen-bond acceptors (Lipinski definition) is 6. The second-order valence-corrected chi connectivity index (χ2v) is 8.16. The Labute approximate surface area is 165 Å². The lowest BCUT2D eigenvalue weighted by Crippen LogP contribution is -2.58. The normalized spacial score (nSPS) is 35.1. The molecule has 160 valence electrons. The smallest absolute Gasteiger partial charge is 0.342 e. The summed E-state index contributed by atoms with van der Waals surface area (Å²) in [5.41, 5.74) is -0.872. The van der Waals surface area contributed by atoms with E-state index in [0.717, 1.165) is 12.1 Å². The fraction of sp³-hybridized carbons (Fsp3) is 0.632. The van der Waals surface area contributed by atoms with Crippen LogP contribution in [0.4, 0.5) is 18.9 Å². The average molecular weight is 417 g/mol. The fourth-order valence-corrected chi connectivity index (χ4v) is 3.81. The molecule has 0 unspecified atom stereocenters. The molecule has 29 heavy (non-hydrogen) atoms. The van der Waals surface area contributed by atoms with E-state index in [2.05, 4.69) is 5.32 Å². The number of halogens is 3. The molecule has 1 amide bonds. The molecule has 3 fully saturated rings. The van der Waals surface area contributed by atoms with Crippen LogP contribution in [-0.4, -0.2) is 48.2 Å². The van der Waals surface area contributed by atoms with Gasteiger partial charge in [-0.1, -0.05) is 6.07 Å². The number of anilines is 1. The van der Waals surface area contributed by atoms with Gasteiger partial charge >= 0.3 is 6.18 Å². The maximum atomic E-state index is 12.9. The Morgan fingerprint density at radius 1 is 0.966 bits per heavy atom. The number of carbonyl (C=O) groups excluding carboxylic acids is 1. The predicted octanol–water partition coefficient (Wildman–Crippen LogP) is 3.04. The average Bonchev–Trinajstić information content (AvgIpc) is 3.07. The highest BCUT2D eigenvalue weighted by molar-refractivity contribution is 5.95. The largest absolute Gasteiger partial charge is 0.416 e. The number of fused-ring (bicyclic) bond motifs is 3. The Balaban J connectivity index is 1.57. The van der Waals surface area contributed by atoms with Crippen LogP contribution >= 0.6 is 0 Å². The van der Waals surface area contributed by atoms with Crippen molar-refractivity contribution < 1.29 is 41.7 Å². The highest BCUT2D eigenvalue weighted by Gasteiger charge is 2.62. The molecule has 3 aliphatic heterocycles. The summed E-state index contributed by atoms with van der Waals surface area (Å²) < 4.78 is 67.9. The van der Waals surface area contributed by atoms with E-state index in [1.807, 2.05) is 0 Å². The summed E-state index contributed by atoms with van der Waals surface area (Å²) in [6.07, 6.45) is -8.60. The number of rotatable bonds is 2. The Hall–Kier alpha value is -1.72. The fourth-order valence-electron chi connectivity index (χ4n) is 3.81. The van der Waals surface area contributed by atoms with Crippen LogP contribution in [0.25, 0.3) is 0 Å². The standard InChI is InChI=1S/C19H22F3NO6/c1-17(2)26-11-12(27-17)14-16(29-18(3,4)28-14)25-13(11)15(24)23-10-7-5-6-9(8-10)19(20,21)22/h5-8,11-14,16H,1-4H3,(H,23,24)/t11-,12+,13+,14-,16+/m1/s1. The molecule has 0 spiro atoms. The van der Waals surface area contributed by atoms with Crippen molar-refractivity contribution >= 4 is 11.6 Å². The third-order valence-corrected chi connectivity index (χ3v) is 4.87. The molecule has 1 aromatic carbocycles. The van der Waals surface area contributed by atoms with Crippen molar-refractivity contribution in [2.75, 3.05) is 5.32 Å². The van der Waals surface area contributed by atoms with Crippen molar-refractivity contribution in [3.05, 3.63) is 29.8 Å². The van der Waals surface area contributed by atoms with Crippen LogP contribution < -0.4 is 5.32 Å². The van der Waals surface area contributed by atoms with Crippen molar-refractivity contribution in [3.63, 3.8) is 0 Å². The lowest BCUT2D eigenvalue weighted by atomic mass is 9.98. The predicted molar refractivity (Wildman–Crippen MR) is 92.6 cm³/mol. The van der Waals surface area contributed by atoms with E-state index in [1.165, 1.54) is 12.1 Å². The number of amides is 1. The molecular formula is C19H22F3NO6. The highest BCUT2D eigenvalue weighted by atomic mass is 19.4. The molecular weight excluding hydrogens is 395 g/mol. The lowest BCUT2D eigenvalue weighted by Gasteiger charge is -2.36. The summed E-state index contributed by atoms with van der Waals surface area (Å²) in [6.45, 7) is 6.82. The molecule has 0 aliphatic carbocycles. The van der Waals surface area contributed by atoms with E-state index in [4.69, 9.17) is 23.7 Å². The molecule has 10 heteroatoms. The summed E-state index contributed by atoms with van der Waals surface area (Å²) in [6, 6.07) is 4.36. The van der Waals surface area contributed by atoms with Gasteiger partial charge in [0.05, 0.1) is 5.56 Å². The summed E-state index contributed by atoms with van der Waals surface area (Å²) in [5, 5.41) is 2.47. The van der Waals surface area contributed by atoms with Crippen molar-refractivity contribution in [3.8, 4) is 0 Å². The zero-order chi connectivity index (χ0) is 21.2. The minimum absolute atomic E-state index is 0.00538. The second kappa shape index (κ2) is 6.64. The first-order valence-electron chi connectivity index (χ1n) is 9.20. The van der Waals surface area contributed by atoms with Gasteiger partial charge in [-0.2, -0.15) is 13.2 Å². The van der Waals surface area contributed by atoms with E-state index < -0.39 is 59.9 Å². The maximum Gasteiger partial charge on any atom is 0.416 e. The van der Waals surface area contributed by atoms with Gasteiger partial charge in [-0.25, -0.2) is 0 Å². The van der Waals surface area contributed by atoms with E-state index in [0.29, 0.717) is 0 Å². The molecule has 3 heterocycles. The number of hydrogen-bond donors (Lipinski definition) is 1. The van der Waals surface area contributed by atoms with Gasteiger partial charge in [0.2, 0.25) is 0 Å². The Morgan fingerprint density at radius 2 is 1.59 bits per heavy atom. The van der Waals surface area contributed by atoms with Gasteiger partial charge in [0, 0.05) is 5.69 Å². The first-order valence-corrected chi connectivity index (χ1v) is 9.20. The van der Waals surface area contributed by atoms with Crippen LogP contribution in [0, 0.1) is 0 Å². The van der Waals surface area contributed by atoms with Crippen molar-refractivity contribution in [1.82, 2.24) is 0 Å². The minimum atomic E-state index is -4.52. The van der Waals surface area contributed by atoms with E-state index in [-0.39, 0.29) is 5.69 Å². The number of carbonyl (C=O) groups is 1. The summed E-state index contributed by atoms with van der Waals surface area (Å²) in [5.74, 6) is -2.59. The molecule has 5 atom stereocenters. The van der Waals surface area contributed by atoms with Crippen molar-refractivity contribution in [2.45, 2.75) is 76.2 Å². The molecule has 1 N–H and O–H groups in total. The summed E-state index contributed by atoms with van der Waals surface area (Å²) >= 11 is 0. The minimum Gasteiger partial charge on any atom is -0.342 e. The molecule has 7 nitrogen and oxygen atoms in total. The number of ether oxygens (including phenoxy) is 5. The van der Waals surface area contributed by atoms with Gasteiger partial charge in [-0.3, -0.25) is 4.79 Å². The van der Waals surface area contributed by atoms with Gasteiger partial charge in [-0.05, 0) is 45.9 Å². The first kappa shape index (κ1) is 20.5. The molecule has 0 aromatic heterocycles. The molecule has 0 bridgehead atoms. The van der Waals surface area contributed by atoms with Gasteiger partial charge < -0.3 is 29.0 Å². The maximum absolute atomic E-state index is 12.9. The summed E-state index contributed by atoms with van der Waals surface area (Å²) in [7, 11) is 0. The molecule has 1 aromatic rings. The van der Waals surface area contributed by atoms with Crippen molar-refractivity contribution in [2.24, 2.45) is 0 Å². The molecule has 3 saturated heterocycles. The van der Waals surface area contributed by atoms with Crippen LogP contribution in [-0.2, 0) is 34.7 Å². The van der Waals surface area contributed by atoms with Crippen LogP contribution in [0.1, 0.15) is 33.3 Å². The summed E-state index contributed by atoms with van der Waals surface area (Å²) in [4.78, 5) is 12.9. The van der Waals surface area contributed by atoms with Gasteiger partial charge in [0.1, 0.15) is 18.3 Å². The third-order valence-electron chi connectivity index (χ3n) is 4.87. The van der Waals surface area contributed by atoms with E-state index in [1.54, 1.807) is 27.7 Å². The van der Waals surface area contributed by atoms with Crippen LogP contribution in [0.15, 0.2) is 24.3 Å². The molecule has 3 aliphatic rings. The molecule has 0 saturated carbocycles. The Morgan fingerprint density at radius 3 is 2.28 bits per heavy atom. The van der Waals surface area contributed by atoms with E-state index in [9.17, 15) is 18.0 Å². The van der Waals surface area contributed by atoms with Gasteiger partial charge in [0.25, 0.3) is 5.91 Å². The monoisotopic (exact) mass is 417 g/mol. The zero-order valence-corrected chi connectivity index (χ0v) is 16.3. The number of benzene rings is 1. The quantitative estimate of drug-likeness (QED) is 0.797. The third kappa shape index (κ3) is 3.99. The molecule has 0 radical (unpaired) electrons. The van der Waals surface area contributed by atoms with Crippen LogP contribution in [0.5, 0.6) is 0 Å². The Kier molecular flexibility index (Phi) is 4.71. The van der Waals surface area contributed by atoms with Crippen molar-refractivity contribution in [1.29, 1.82) is 0 Å². The van der Waals surface area contributed by atoms with E-state index >= 15 is 0 Å².